The molecule has 0 radical (unpaired) electrons. The lowest BCUT2D eigenvalue weighted by Gasteiger charge is -2.10. The van der Waals surface area contributed by atoms with E-state index in [0.717, 1.165) is 16.7 Å². The van der Waals surface area contributed by atoms with Crippen molar-refractivity contribution in [1.82, 2.24) is 0 Å². The molecule has 0 atom stereocenters. The van der Waals surface area contributed by atoms with Crippen molar-refractivity contribution in [3.8, 4) is 23.0 Å². The fraction of sp³-hybridized carbons (Fsp3) is 0.200. The molecule has 2 aromatic carbocycles. The number of benzene rings is 2. The van der Waals surface area contributed by atoms with E-state index in [1.165, 1.54) is 6.07 Å². The van der Waals surface area contributed by atoms with E-state index in [0.29, 0.717) is 12.0 Å². The predicted octanol–water partition coefficient (Wildman–Crippen LogP) is 2.72. The second kappa shape index (κ2) is 4.72. The molecule has 0 saturated heterocycles. The Morgan fingerprint density at radius 1 is 0.789 bits per heavy atom. The van der Waals surface area contributed by atoms with E-state index in [1.54, 1.807) is 19.9 Å². The van der Waals surface area contributed by atoms with Gasteiger partial charge in [-0.15, -0.1) is 0 Å². The molecule has 4 N–H and O–H groups in total. The molecule has 0 fully saturated rings. The summed E-state index contributed by atoms with van der Waals surface area (Å²) < 4.78 is 0. The van der Waals surface area contributed by atoms with E-state index < -0.39 is 5.75 Å². The molecule has 0 aromatic heterocycles. The van der Waals surface area contributed by atoms with Crippen LogP contribution in [0, 0.1) is 13.8 Å². The van der Waals surface area contributed by atoms with Crippen molar-refractivity contribution in [2.45, 2.75) is 20.3 Å². The number of hydrogen-bond donors (Lipinski definition) is 4. The van der Waals surface area contributed by atoms with Crippen molar-refractivity contribution in [3.05, 3.63) is 46.5 Å². The van der Waals surface area contributed by atoms with Crippen LogP contribution < -0.4 is 0 Å². The van der Waals surface area contributed by atoms with Gasteiger partial charge in [-0.05, 0) is 36.6 Å². The zero-order chi connectivity index (χ0) is 14.2. The molecule has 0 saturated carbocycles. The first-order chi connectivity index (χ1) is 8.90. The lowest BCUT2D eigenvalue weighted by Crippen LogP contribution is -1.92. The van der Waals surface area contributed by atoms with E-state index in [1.807, 2.05) is 12.1 Å². The minimum atomic E-state index is -0.510. The highest BCUT2D eigenvalue weighted by molar-refractivity contribution is 5.54. The summed E-state index contributed by atoms with van der Waals surface area (Å²) in [5, 5.41) is 38.2. The number of rotatable bonds is 2. The van der Waals surface area contributed by atoms with Crippen molar-refractivity contribution in [3.63, 3.8) is 0 Å². The molecule has 0 spiro atoms. The summed E-state index contributed by atoms with van der Waals surface area (Å²) >= 11 is 0. The largest absolute Gasteiger partial charge is 0.507 e. The summed E-state index contributed by atoms with van der Waals surface area (Å²) in [6.07, 6.45) is 0.404. The Hall–Kier alpha value is -2.36. The third-order valence-corrected chi connectivity index (χ3v) is 3.16. The minimum absolute atomic E-state index is 0.265. The standard InChI is InChI=1S/C15H16O4/c1-8-5-10(6-9(2)13(8)17)7-11-3-4-12(16)15(19)14(11)18/h3-6,16-19H,7H2,1-2H3. The van der Waals surface area contributed by atoms with Crippen LogP contribution in [0.15, 0.2) is 24.3 Å². The first-order valence-corrected chi connectivity index (χ1v) is 5.92. The molecule has 2 rings (SSSR count). The second-order valence-electron chi connectivity index (χ2n) is 4.70. The predicted molar refractivity (Wildman–Crippen MR) is 71.8 cm³/mol. The first kappa shape index (κ1) is 13.1. The first-order valence-electron chi connectivity index (χ1n) is 5.92. The van der Waals surface area contributed by atoms with Crippen LogP contribution in [0.1, 0.15) is 22.3 Å². The second-order valence-corrected chi connectivity index (χ2v) is 4.70. The minimum Gasteiger partial charge on any atom is -0.507 e. The van der Waals surface area contributed by atoms with E-state index >= 15 is 0 Å². The van der Waals surface area contributed by atoms with E-state index in [-0.39, 0.29) is 17.2 Å². The molecule has 100 valence electrons. The molecule has 0 heterocycles. The van der Waals surface area contributed by atoms with Crippen LogP contribution in [0.5, 0.6) is 23.0 Å². The SMILES string of the molecule is Cc1cc(Cc2ccc(O)c(O)c2O)cc(C)c1O. The summed E-state index contributed by atoms with van der Waals surface area (Å²) in [5.74, 6) is -0.908. The summed E-state index contributed by atoms with van der Waals surface area (Å²) in [6.45, 7) is 3.61. The van der Waals surface area contributed by atoms with Crippen LogP contribution in [0.3, 0.4) is 0 Å². The average molecular weight is 260 g/mol. The van der Waals surface area contributed by atoms with Crippen LogP contribution in [0.2, 0.25) is 0 Å². The lowest BCUT2D eigenvalue weighted by atomic mass is 9.99. The molecule has 0 bridgehead atoms. The Morgan fingerprint density at radius 3 is 1.95 bits per heavy atom. The van der Waals surface area contributed by atoms with E-state index in [4.69, 9.17) is 0 Å². The number of hydrogen-bond acceptors (Lipinski definition) is 4. The van der Waals surface area contributed by atoms with E-state index in [9.17, 15) is 20.4 Å². The highest BCUT2D eigenvalue weighted by Gasteiger charge is 2.12. The molecule has 2 aromatic rings. The van der Waals surface area contributed by atoms with Gasteiger partial charge in [0.25, 0.3) is 0 Å². The Labute approximate surface area is 111 Å². The fourth-order valence-electron chi connectivity index (χ4n) is 2.12. The van der Waals surface area contributed by atoms with Gasteiger partial charge in [0.1, 0.15) is 5.75 Å². The van der Waals surface area contributed by atoms with Gasteiger partial charge in [-0.25, -0.2) is 0 Å². The number of phenols is 4. The molecule has 19 heavy (non-hydrogen) atoms. The Morgan fingerprint density at radius 2 is 1.37 bits per heavy atom. The van der Waals surface area contributed by atoms with Gasteiger partial charge in [-0.3, -0.25) is 0 Å². The molecular weight excluding hydrogens is 244 g/mol. The van der Waals surface area contributed by atoms with Crippen molar-refractivity contribution in [1.29, 1.82) is 0 Å². The fourth-order valence-corrected chi connectivity index (χ4v) is 2.12. The van der Waals surface area contributed by atoms with E-state index in [2.05, 4.69) is 0 Å². The zero-order valence-corrected chi connectivity index (χ0v) is 10.8. The van der Waals surface area contributed by atoms with Crippen molar-refractivity contribution >= 4 is 0 Å². The van der Waals surface area contributed by atoms with Crippen LogP contribution >= 0.6 is 0 Å². The molecule has 0 unspecified atom stereocenters. The lowest BCUT2D eigenvalue weighted by molar-refractivity contribution is 0.365. The summed E-state index contributed by atoms with van der Waals surface area (Å²) in [5.41, 5.74) is 2.95. The quantitative estimate of drug-likeness (QED) is 0.626. The average Bonchev–Trinajstić information content (AvgIpc) is 2.36. The van der Waals surface area contributed by atoms with Gasteiger partial charge in [0.2, 0.25) is 5.75 Å². The van der Waals surface area contributed by atoms with Gasteiger partial charge in [0, 0.05) is 12.0 Å². The third kappa shape index (κ3) is 2.42. The van der Waals surface area contributed by atoms with Crippen LogP contribution in [-0.2, 0) is 6.42 Å². The van der Waals surface area contributed by atoms with Crippen molar-refractivity contribution < 1.29 is 20.4 Å². The number of aryl methyl sites for hydroxylation is 2. The maximum absolute atomic E-state index is 9.77. The smallest absolute Gasteiger partial charge is 0.200 e. The highest BCUT2D eigenvalue weighted by atomic mass is 16.3. The molecular formula is C15H16O4. The molecule has 0 amide bonds. The van der Waals surface area contributed by atoms with Crippen molar-refractivity contribution in [2.24, 2.45) is 0 Å². The van der Waals surface area contributed by atoms with Crippen LogP contribution in [0.4, 0.5) is 0 Å². The molecule has 0 aliphatic rings. The Kier molecular flexibility index (Phi) is 3.25. The van der Waals surface area contributed by atoms with Gasteiger partial charge in [-0.1, -0.05) is 18.2 Å². The van der Waals surface area contributed by atoms with Crippen LogP contribution in [0.25, 0.3) is 0 Å². The molecule has 4 nitrogen and oxygen atoms in total. The monoisotopic (exact) mass is 260 g/mol. The maximum atomic E-state index is 9.77. The highest BCUT2D eigenvalue weighted by Crippen LogP contribution is 2.38. The molecule has 0 aliphatic carbocycles. The Balaban J connectivity index is 2.39. The van der Waals surface area contributed by atoms with Crippen molar-refractivity contribution in [2.75, 3.05) is 0 Å². The van der Waals surface area contributed by atoms with Gasteiger partial charge >= 0.3 is 0 Å². The normalized spacial score (nSPS) is 10.6. The number of phenolic OH excluding ortho intramolecular Hbond substituents is 4. The topological polar surface area (TPSA) is 80.9 Å². The molecule has 0 aliphatic heterocycles. The summed E-state index contributed by atoms with van der Waals surface area (Å²) in [6, 6.07) is 6.55. The van der Waals surface area contributed by atoms with Gasteiger partial charge < -0.3 is 20.4 Å². The Bertz CT molecular complexity index is 609. The van der Waals surface area contributed by atoms with Crippen LogP contribution in [-0.4, -0.2) is 20.4 Å². The third-order valence-electron chi connectivity index (χ3n) is 3.16. The van der Waals surface area contributed by atoms with Gasteiger partial charge in [0.15, 0.2) is 11.5 Å². The van der Waals surface area contributed by atoms with Gasteiger partial charge in [-0.2, -0.15) is 0 Å². The van der Waals surface area contributed by atoms with Gasteiger partial charge in [0.05, 0.1) is 0 Å². The summed E-state index contributed by atoms with van der Waals surface area (Å²) in [4.78, 5) is 0. The molecule has 4 heteroatoms. The maximum Gasteiger partial charge on any atom is 0.200 e. The zero-order valence-electron chi connectivity index (χ0n) is 10.8. The summed E-state index contributed by atoms with van der Waals surface area (Å²) in [7, 11) is 0. The number of aromatic hydroxyl groups is 4.